The average Bonchev–Trinajstić information content (AvgIpc) is 2.27. The van der Waals surface area contributed by atoms with Crippen molar-refractivity contribution in [2.45, 2.75) is 45.8 Å². The van der Waals surface area contributed by atoms with Gasteiger partial charge in [-0.2, -0.15) is 0 Å². The van der Waals surface area contributed by atoms with Crippen LogP contribution in [0.1, 0.15) is 40.0 Å². The highest BCUT2D eigenvalue weighted by molar-refractivity contribution is 5.86. The number of allylic oxidation sites excluding steroid dienone is 1. The summed E-state index contributed by atoms with van der Waals surface area (Å²) in [5.74, 6) is -4.35. The van der Waals surface area contributed by atoms with Crippen LogP contribution in [0.5, 0.6) is 0 Å². The van der Waals surface area contributed by atoms with Crippen LogP contribution in [-0.2, 0) is 9.59 Å². The number of rotatable bonds is 8. The summed E-state index contributed by atoms with van der Waals surface area (Å²) in [7, 11) is 0. The average molecular weight is 286 g/mol. The Labute approximate surface area is 118 Å². The molecule has 0 saturated heterocycles. The van der Waals surface area contributed by atoms with Crippen molar-refractivity contribution in [2.75, 3.05) is 0 Å². The summed E-state index contributed by atoms with van der Waals surface area (Å²) in [5, 5.41) is 36.6. The molecule has 114 valence electrons. The van der Waals surface area contributed by atoms with Gasteiger partial charge in [-0.1, -0.05) is 13.0 Å². The molecule has 6 nitrogen and oxygen atoms in total. The van der Waals surface area contributed by atoms with E-state index in [0.29, 0.717) is 12.8 Å². The molecule has 0 radical (unpaired) electrons. The number of hydrogen-bond acceptors (Lipinski definition) is 4. The van der Waals surface area contributed by atoms with Crippen LogP contribution >= 0.6 is 0 Å². The van der Waals surface area contributed by atoms with Gasteiger partial charge in [-0.15, -0.1) is 0 Å². The Hall–Kier alpha value is -1.66. The zero-order chi connectivity index (χ0) is 15.9. The van der Waals surface area contributed by atoms with Crippen LogP contribution in [0.15, 0.2) is 23.3 Å². The Balaban J connectivity index is 4.37. The van der Waals surface area contributed by atoms with E-state index in [-0.39, 0.29) is 23.5 Å². The first-order chi connectivity index (χ1) is 9.05. The van der Waals surface area contributed by atoms with Gasteiger partial charge in [0.15, 0.2) is 5.79 Å². The standard InChI is InChI=1S/C14H22O6/c1-9(7-10(2)12(15)16)5-4-6-14(19,20)8-11(3)13(17)18/h7-9,19-20H,4-6H2,1-3H3,(H,15,16)(H,17,18). The molecule has 0 aliphatic rings. The van der Waals surface area contributed by atoms with Crippen molar-refractivity contribution in [1.29, 1.82) is 0 Å². The first-order valence-electron chi connectivity index (χ1n) is 6.34. The maximum Gasteiger partial charge on any atom is 0.331 e. The Morgan fingerprint density at radius 1 is 1.10 bits per heavy atom. The third kappa shape index (κ3) is 7.70. The highest BCUT2D eigenvalue weighted by atomic mass is 16.5. The van der Waals surface area contributed by atoms with Gasteiger partial charge in [0.1, 0.15) is 0 Å². The Morgan fingerprint density at radius 3 is 2.05 bits per heavy atom. The second kappa shape index (κ2) is 7.81. The Bertz CT molecular complexity index is 419. The Kier molecular flexibility index (Phi) is 7.17. The highest BCUT2D eigenvalue weighted by Crippen LogP contribution is 2.19. The third-order valence-electron chi connectivity index (χ3n) is 2.86. The normalized spacial score (nSPS) is 15.1. The zero-order valence-electron chi connectivity index (χ0n) is 12.0. The number of hydrogen-bond donors (Lipinski definition) is 4. The number of aliphatic hydroxyl groups is 2. The van der Waals surface area contributed by atoms with Crippen molar-refractivity contribution >= 4 is 11.9 Å². The van der Waals surface area contributed by atoms with Crippen LogP contribution in [-0.4, -0.2) is 38.2 Å². The minimum Gasteiger partial charge on any atom is -0.478 e. The van der Waals surface area contributed by atoms with Crippen molar-refractivity contribution in [3.05, 3.63) is 23.3 Å². The predicted octanol–water partition coefficient (Wildman–Crippen LogP) is 1.54. The van der Waals surface area contributed by atoms with Crippen LogP contribution in [0.3, 0.4) is 0 Å². The van der Waals surface area contributed by atoms with Crippen LogP contribution < -0.4 is 0 Å². The van der Waals surface area contributed by atoms with E-state index in [1.54, 1.807) is 6.08 Å². The molecule has 0 aromatic carbocycles. The minimum absolute atomic E-state index is 0.00792. The van der Waals surface area contributed by atoms with Crippen molar-refractivity contribution in [1.82, 2.24) is 0 Å². The first-order valence-corrected chi connectivity index (χ1v) is 6.34. The molecule has 0 rings (SSSR count). The molecule has 4 N–H and O–H groups in total. The van der Waals surface area contributed by atoms with Gasteiger partial charge >= 0.3 is 11.9 Å². The van der Waals surface area contributed by atoms with E-state index < -0.39 is 17.7 Å². The van der Waals surface area contributed by atoms with Gasteiger partial charge in [-0.05, 0) is 38.7 Å². The lowest BCUT2D eigenvalue weighted by molar-refractivity contribution is -0.136. The van der Waals surface area contributed by atoms with E-state index in [1.807, 2.05) is 6.92 Å². The predicted molar refractivity (Wildman–Crippen MR) is 73.0 cm³/mol. The lowest BCUT2D eigenvalue weighted by atomic mass is 9.98. The first kappa shape index (κ1) is 18.3. The van der Waals surface area contributed by atoms with Gasteiger partial charge in [0.2, 0.25) is 0 Å². The van der Waals surface area contributed by atoms with Gasteiger partial charge in [-0.3, -0.25) is 0 Å². The van der Waals surface area contributed by atoms with Gasteiger partial charge in [0, 0.05) is 17.6 Å². The minimum atomic E-state index is -2.16. The molecule has 0 aliphatic heterocycles. The fourth-order valence-corrected chi connectivity index (χ4v) is 1.75. The van der Waals surface area contributed by atoms with E-state index in [1.165, 1.54) is 13.8 Å². The van der Waals surface area contributed by atoms with E-state index in [4.69, 9.17) is 10.2 Å². The van der Waals surface area contributed by atoms with Crippen molar-refractivity contribution in [2.24, 2.45) is 5.92 Å². The third-order valence-corrected chi connectivity index (χ3v) is 2.86. The molecule has 20 heavy (non-hydrogen) atoms. The van der Waals surface area contributed by atoms with E-state index in [9.17, 15) is 19.8 Å². The molecule has 1 atom stereocenters. The van der Waals surface area contributed by atoms with E-state index >= 15 is 0 Å². The van der Waals surface area contributed by atoms with Crippen molar-refractivity contribution < 1.29 is 30.0 Å². The lowest BCUT2D eigenvalue weighted by Crippen LogP contribution is -2.26. The summed E-state index contributed by atoms with van der Waals surface area (Å²) in [6.07, 6.45) is 3.51. The van der Waals surface area contributed by atoms with Crippen LogP contribution in [0.2, 0.25) is 0 Å². The fraction of sp³-hybridized carbons (Fsp3) is 0.571. The summed E-state index contributed by atoms with van der Waals surface area (Å²) in [6, 6.07) is 0. The molecule has 0 spiro atoms. The second-order valence-corrected chi connectivity index (χ2v) is 5.04. The lowest BCUT2D eigenvalue weighted by Gasteiger charge is -2.18. The largest absolute Gasteiger partial charge is 0.478 e. The van der Waals surface area contributed by atoms with Crippen molar-refractivity contribution in [3.8, 4) is 0 Å². The monoisotopic (exact) mass is 286 g/mol. The molecule has 1 unspecified atom stereocenters. The summed E-state index contributed by atoms with van der Waals surface area (Å²) in [5.41, 5.74) is 0.114. The van der Waals surface area contributed by atoms with E-state index in [2.05, 4.69) is 0 Å². The maximum atomic E-state index is 10.6. The second-order valence-electron chi connectivity index (χ2n) is 5.04. The molecular weight excluding hydrogens is 264 g/mol. The number of aliphatic carboxylic acids is 2. The van der Waals surface area contributed by atoms with E-state index in [0.717, 1.165) is 6.08 Å². The molecular formula is C14H22O6. The van der Waals surface area contributed by atoms with Gasteiger partial charge in [0.25, 0.3) is 0 Å². The molecule has 6 heteroatoms. The molecule has 0 aliphatic carbocycles. The van der Waals surface area contributed by atoms with Crippen LogP contribution in [0, 0.1) is 5.92 Å². The summed E-state index contributed by atoms with van der Waals surface area (Å²) >= 11 is 0. The summed E-state index contributed by atoms with van der Waals surface area (Å²) in [4.78, 5) is 21.2. The molecule has 0 heterocycles. The molecule has 0 amide bonds. The SMILES string of the molecule is CC(=CC(C)CCCC(O)(O)C=C(C)C(=O)O)C(=O)O. The molecule has 0 aromatic rings. The fourth-order valence-electron chi connectivity index (χ4n) is 1.75. The molecule has 0 fully saturated rings. The number of carbonyl (C=O) groups is 2. The van der Waals surface area contributed by atoms with Crippen LogP contribution in [0.4, 0.5) is 0 Å². The van der Waals surface area contributed by atoms with Gasteiger partial charge < -0.3 is 20.4 Å². The van der Waals surface area contributed by atoms with Crippen LogP contribution in [0.25, 0.3) is 0 Å². The van der Waals surface area contributed by atoms with Gasteiger partial charge in [-0.25, -0.2) is 9.59 Å². The smallest absolute Gasteiger partial charge is 0.331 e. The Morgan fingerprint density at radius 2 is 1.60 bits per heavy atom. The number of carboxylic acids is 2. The summed E-state index contributed by atoms with van der Waals surface area (Å²) < 4.78 is 0. The zero-order valence-corrected chi connectivity index (χ0v) is 12.0. The van der Waals surface area contributed by atoms with Crippen molar-refractivity contribution in [3.63, 3.8) is 0 Å². The maximum absolute atomic E-state index is 10.6. The molecule has 0 aromatic heterocycles. The van der Waals surface area contributed by atoms with Gasteiger partial charge in [0.05, 0.1) is 0 Å². The topological polar surface area (TPSA) is 115 Å². The number of carboxylic acid groups (broad SMARTS) is 2. The molecule has 0 bridgehead atoms. The summed E-state index contributed by atoms with van der Waals surface area (Å²) in [6.45, 7) is 4.62. The highest BCUT2D eigenvalue weighted by Gasteiger charge is 2.21. The quantitative estimate of drug-likeness (QED) is 0.397. The molecule has 0 saturated carbocycles.